The topological polar surface area (TPSA) is 112 Å². The second-order valence-electron chi connectivity index (χ2n) is 6.05. The van der Waals surface area contributed by atoms with Crippen molar-refractivity contribution in [3.8, 4) is 0 Å². The van der Waals surface area contributed by atoms with Crippen molar-refractivity contribution in [3.05, 3.63) is 49.0 Å². The molecule has 0 aromatic carbocycles. The van der Waals surface area contributed by atoms with Crippen molar-refractivity contribution in [1.29, 1.82) is 0 Å². The molecule has 0 aliphatic heterocycles. The van der Waals surface area contributed by atoms with Gasteiger partial charge in [0.1, 0.15) is 25.9 Å². The lowest BCUT2D eigenvalue weighted by Crippen LogP contribution is -2.27. The second kappa shape index (κ2) is 17.5. The van der Waals surface area contributed by atoms with Gasteiger partial charge in [-0.25, -0.2) is 9.59 Å². The van der Waals surface area contributed by atoms with E-state index in [1.165, 1.54) is 6.92 Å². The largest absolute Gasteiger partial charge is 0.496 e. The molecule has 0 saturated heterocycles. The Morgan fingerprint density at radius 3 is 1.59 bits per heavy atom. The summed E-state index contributed by atoms with van der Waals surface area (Å²) in [6.07, 6.45) is -1.51. The fourth-order valence-corrected chi connectivity index (χ4v) is 1.19. The number of ether oxygens (including phenoxy) is 4. The molecule has 0 aromatic rings. The van der Waals surface area contributed by atoms with Crippen LogP contribution in [-0.4, -0.2) is 60.8 Å². The van der Waals surface area contributed by atoms with Gasteiger partial charge in [0, 0.05) is 11.1 Å². The summed E-state index contributed by atoms with van der Waals surface area (Å²) in [6.45, 7) is 20.1. The summed E-state index contributed by atoms with van der Waals surface area (Å²) < 4.78 is 19.5. The third-order valence-electron chi connectivity index (χ3n) is 2.62. The number of aliphatic hydroxyl groups excluding tert-OH is 2. The predicted octanol–water partition coefficient (Wildman–Crippen LogP) is 2.67. The van der Waals surface area contributed by atoms with E-state index < -0.39 is 24.1 Å². The minimum atomic E-state index is -0.838. The maximum Gasteiger partial charge on any atom is 0.333 e. The predicted molar refractivity (Wildman–Crippen MR) is 112 cm³/mol. The van der Waals surface area contributed by atoms with E-state index in [1.54, 1.807) is 20.8 Å². The number of carbonyl (C=O) groups is 2. The molecule has 29 heavy (non-hydrogen) atoms. The van der Waals surface area contributed by atoms with Crippen LogP contribution in [0.2, 0.25) is 0 Å². The fourth-order valence-electron chi connectivity index (χ4n) is 1.19. The van der Waals surface area contributed by atoms with Crippen molar-refractivity contribution >= 4 is 11.9 Å². The summed E-state index contributed by atoms with van der Waals surface area (Å²) in [6, 6.07) is 0. The highest BCUT2D eigenvalue weighted by atomic mass is 16.6. The van der Waals surface area contributed by atoms with Gasteiger partial charge in [-0.1, -0.05) is 33.7 Å². The van der Waals surface area contributed by atoms with Crippen LogP contribution >= 0.6 is 0 Å². The van der Waals surface area contributed by atoms with E-state index in [2.05, 4.69) is 26.3 Å². The van der Waals surface area contributed by atoms with Crippen LogP contribution < -0.4 is 0 Å². The fraction of sp³-hybridized carbons (Fsp3) is 0.524. The van der Waals surface area contributed by atoms with Crippen molar-refractivity contribution in [3.63, 3.8) is 0 Å². The van der Waals surface area contributed by atoms with Crippen LogP contribution in [0.15, 0.2) is 49.0 Å². The highest BCUT2D eigenvalue weighted by molar-refractivity contribution is 5.87. The van der Waals surface area contributed by atoms with Crippen LogP contribution in [0, 0.1) is 0 Å². The van der Waals surface area contributed by atoms with Gasteiger partial charge in [0.05, 0.1) is 18.1 Å². The first-order valence-electron chi connectivity index (χ1n) is 8.45. The van der Waals surface area contributed by atoms with E-state index >= 15 is 0 Å². The lowest BCUT2D eigenvalue weighted by Gasteiger charge is -2.16. The SMILES string of the molecule is C.C=C(C)OCC(CO)OC(=O)C(=C)C.C=C(C)OCC(O)COC(=O)C(=C)C. The Kier molecular flexibility index (Phi) is 18.8. The Morgan fingerprint density at radius 2 is 1.21 bits per heavy atom. The number of allylic oxidation sites excluding steroid dienone is 2. The average Bonchev–Trinajstić information content (AvgIpc) is 2.61. The van der Waals surface area contributed by atoms with Crippen molar-refractivity contribution in [2.24, 2.45) is 0 Å². The number of carbonyl (C=O) groups excluding carboxylic acids is 2. The molecule has 0 aromatic heterocycles. The molecule has 0 aliphatic rings. The molecule has 2 atom stereocenters. The van der Waals surface area contributed by atoms with Crippen molar-refractivity contribution < 1.29 is 38.7 Å². The van der Waals surface area contributed by atoms with Gasteiger partial charge in [0.25, 0.3) is 0 Å². The molecule has 8 nitrogen and oxygen atoms in total. The van der Waals surface area contributed by atoms with Gasteiger partial charge in [0.2, 0.25) is 0 Å². The lowest BCUT2D eigenvalue weighted by molar-refractivity contribution is -0.149. The normalized spacial score (nSPS) is 11.2. The number of aliphatic hydroxyl groups is 2. The zero-order chi connectivity index (χ0) is 22.3. The lowest BCUT2D eigenvalue weighted by atomic mass is 10.3. The van der Waals surface area contributed by atoms with Crippen molar-refractivity contribution in [2.75, 3.05) is 26.4 Å². The van der Waals surface area contributed by atoms with Crippen LogP contribution in [0.1, 0.15) is 35.1 Å². The summed E-state index contributed by atoms with van der Waals surface area (Å²) in [5, 5.41) is 18.1. The summed E-state index contributed by atoms with van der Waals surface area (Å²) in [5.74, 6) is -0.0288. The molecule has 0 rings (SSSR count). The first-order valence-corrected chi connectivity index (χ1v) is 8.45. The Morgan fingerprint density at radius 1 is 0.793 bits per heavy atom. The standard InChI is InChI=1S/2C10H16O4.CH4/c1-7(2)10(12)14-6-9(11)5-13-8(3)4;1-7(2)10(12)14-9(5-11)6-13-8(3)4;/h2*9,11H,1,3,5-6H2,2,4H3;1H4. The average molecular weight is 417 g/mol. The molecule has 0 aliphatic carbocycles. The van der Waals surface area contributed by atoms with Crippen LogP contribution in [0.4, 0.5) is 0 Å². The number of hydrogen-bond donors (Lipinski definition) is 2. The molecule has 0 bridgehead atoms. The Hall–Kier alpha value is -2.58. The van der Waals surface area contributed by atoms with Crippen molar-refractivity contribution in [2.45, 2.75) is 47.3 Å². The van der Waals surface area contributed by atoms with E-state index in [4.69, 9.17) is 24.1 Å². The Labute approximate surface area is 174 Å². The first kappa shape index (κ1) is 31.1. The monoisotopic (exact) mass is 416 g/mol. The molecule has 0 spiro atoms. The van der Waals surface area contributed by atoms with Crippen LogP contribution in [0.25, 0.3) is 0 Å². The Bertz CT molecular complexity index is 565. The van der Waals surface area contributed by atoms with Gasteiger partial charge in [-0.15, -0.1) is 0 Å². The first-order chi connectivity index (χ1) is 12.9. The number of esters is 2. The quantitative estimate of drug-likeness (QED) is 0.284. The van der Waals surface area contributed by atoms with Gasteiger partial charge in [-0.2, -0.15) is 0 Å². The molecule has 2 unspecified atom stereocenters. The highest BCUT2D eigenvalue weighted by Gasteiger charge is 2.14. The van der Waals surface area contributed by atoms with E-state index in [-0.39, 0.29) is 33.9 Å². The Balaban J connectivity index is -0.000000451. The minimum absolute atomic E-state index is 0. The molecule has 0 saturated carbocycles. The van der Waals surface area contributed by atoms with Gasteiger partial charge in [-0.05, 0) is 27.7 Å². The third-order valence-corrected chi connectivity index (χ3v) is 2.62. The molecule has 0 fully saturated rings. The van der Waals surface area contributed by atoms with Crippen molar-refractivity contribution in [1.82, 2.24) is 0 Å². The second-order valence-corrected chi connectivity index (χ2v) is 6.05. The van der Waals surface area contributed by atoms with E-state index in [0.29, 0.717) is 22.7 Å². The van der Waals surface area contributed by atoms with Crippen LogP contribution in [0.3, 0.4) is 0 Å². The van der Waals surface area contributed by atoms with E-state index in [0.717, 1.165) is 0 Å². The van der Waals surface area contributed by atoms with Gasteiger partial charge < -0.3 is 29.2 Å². The highest BCUT2D eigenvalue weighted by Crippen LogP contribution is 2.01. The maximum absolute atomic E-state index is 11.0. The molecule has 0 heterocycles. The third kappa shape index (κ3) is 20.0. The smallest absolute Gasteiger partial charge is 0.333 e. The number of rotatable bonds is 12. The van der Waals surface area contributed by atoms with Gasteiger partial charge in [0.15, 0.2) is 6.10 Å². The summed E-state index contributed by atoms with van der Waals surface area (Å²) in [4.78, 5) is 21.9. The van der Waals surface area contributed by atoms with Gasteiger partial charge in [-0.3, -0.25) is 0 Å². The zero-order valence-electron chi connectivity index (χ0n) is 17.2. The maximum atomic E-state index is 11.0. The zero-order valence-corrected chi connectivity index (χ0v) is 17.2. The van der Waals surface area contributed by atoms with E-state index in [9.17, 15) is 14.7 Å². The van der Waals surface area contributed by atoms with Crippen LogP contribution in [-0.2, 0) is 28.5 Å². The summed E-state index contributed by atoms with van der Waals surface area (Å²) in [5.41, 5.74) is 0.594. The summed E-state index contributed by atoms with van der Waals surface area (Å²) in [7, 11) is 0. The molecular formula is C21H36O8. The van der Waals surface area contributed by atoms with Gasteiger partial charge >= 0.3 is 11.9 Å². The van der Waals surface area contributed by atoms with Crippen LogP contribution in [0.5, 0.6) is 0 Å². The number of hydrogen-bond acceptors (Lipinski definition) is 8. The molecule has 2 N–H and O–H groups in total. The van der Waals surface area contributed by atoms with E-state index in [1.807, 2.05) is 0 Å². The molecule has 0 amide bonds. The molecule has 0 radical (unpaired) electrons. The molecule has 168 valence electrons. The molecular weight excluding hydrogens is 380 g/mol. The summed E-state index contributed by atoms with van der Waals surface area (Å²) >= 11 is 0. The molecule has 8 heteroatoms. The minimum Gasteiger partial charge on any atom is -0.496 e.